The molecule has 3 heterocycles. The lowest BCUT2D eigenvalue weighted by Crippen LogP contribution is -2.31. The van der Waals surface area contributed by atoms with E-state index in [2.05, 4.69) is 22.6 Å². The van der Waals surface area contributed by atoms with Gasteiger partial charge in [-0.2, -0.15) is 5.10 Å². The number of thiophene rings is 1. The highest BCUT2D eigenvalue weighted by Gasteiger charge is 2.30. The number of hydrogen-bond donors (Lipinski definition) is 0. The van der Waals surface area contributed by atoms with Gasteiger partial charge in [-0.3, -0.25) is 9.48 Å². The molecule has 4 rings (SSSR count). The van der Waals surface area contributed by atoms with Gasteiger partial charge in [-0.25, -0.2) is 0 Å². The summed E-state index contributed by atoms with van der Waals surface area (Å²) in [7, 11) is 1.92. The van der Waals surface area contributed by atoms with E-state index in [1.165, 1.54) is 10.1 Å². The van der Waals surface area contributed by atoms with Crippen LogP contribution in [0.15, 0.2) is 42.0 Å². The number of fused-ring (bicyclic) bond motifs is 1. The van der Waals surface area contributed by atoms with E-state index in [4.69, 9.17) is 0 Å². The second kappa shape index (κ2) is 5.81. The van der Waals surface area contributed by atoms with Crippen LogP contribution in [-0.2, 0) is 18.3 Å². The van der Waals surface area contributed by atoms with Gasteiger partial charge in [0.1, 0.15) is 0 Å². The summed E-state index contributed by atoms with van der Waals surface area (Å²) < 4.78 is 3.06. The molecule has 0 unspecified atom stereocenters. The maximum Gasteiger partial charge on any atom is 0.227 e. The lowest BCUT2D eigenvalue weighted by molar-refractivity contribution is -0.131. The highest BCUT2D eigenvalue weighted by atomic mass is 32.1. The fourth-order valence-electron chi connectivity index (χ4n) is 3.46. The van der Waals surface area contributed by atoms with Crippen LogP contribution in [0.4, 0.5) is 0 Å². The Morgan fingerprint density at radius 3 is 3.09 bits per heavy atom. The van der Waals surface area contributed by atoms with Gasteiger partial charge in [-0.15, -0.1) is 11.3 Å². The van der Waals surface area contributed by atoms with E-state index in [0.29, 0.717) is 6.42 Å². The normalized spacial score (nSPS) is 18.0. The number of rotatable bonds is 3. The average molecular weight is 325 g/mol. The second-order valence-electron chi connectivity index (χ2n) is 6.13. The predicted molar refractivity (Wildman–Crippen MR) is 92.4 cm³/mol. The Kier molecular flexibility index (Phi) is 3.65. The van der Waals surface area contributed by atoms with Crippen LogP contribution >= 0.6 is 11.3 Å². The number of amides is 1. The van der Waals surface area contributed by atoms with E-state index in [1.807, 2.05) is 41.2 Å². The summed E-state index contributed by atoms with van der Waals surface area (Å²) >= 11 is 1.71. The summed E-state index contributed by atoms with van der Waals surface area (Å²) in [6.45, 7) is 0.848. The highest BCUT2D eigenvalue weighted by Crippen LogP contribution is 2.33. The lowest BCUT2D eigenvalue weighted by atomic mass is 10.1. The SMILES string of the molecule is Cn1cc([C@H]2CCCN2C(=O)Cc2csc3ccccc23)cn1. The minimum Gasteiger partial charge on any atom is -0.335 e. The molecular formula is C18H19N3OS. The van der Waals surface area contributed by atoms with Gasteiger partial charge in [-0.05, 0) is 35.2 Å². The monoisotopic (exact) mass is 325 g/mol. The van der Waals surface area contributed by atoms with Crippen LogP contribution in [0, 0.1) is 0 Å². The van der Waals surface area contributed by atoms with Gasteiger partial charge >= 0.3 is 0 Å². The largest absolute Gasteiger partial charge is 0.335 e. The third-order valence-corrected chi connectivity index (χ3v) is 5.60. The van der Waals surface area contributed by atoms with Crippen molar-refractivity contribution in [3.05, 3.63) is 53.2 Å². The first-order valence-electron chi connectivity index (χ1n) is 7.95. The van der Waals surface area contributed by atoms with E-state index in [0.717, 1.165) is 30.5 Å². The third kappa shape index (κ3) is 2.65. The molecule has 1 saturated heterocycles. The Balaban J connectivity index is 1.56. The summed E-state index contributed by atoms with van der Waals surface area (Å²) in [5.41, 5.74) is 2.29. The van der Waals surface area contributed by atoms with E-state index >= 15 is 0 Å². The van der Waals surface area contributed by atoms with E-state index in [1.54, 1.807) is 11.3 Å². The van der Waals surface area contributed by atoms with Crippen molar-refractivity contribution in [2.24, 2.45) is 7.05 Å². The number of nitrogens with zero attached hydrogens (tertiary/aromatic N) is 3. The summed E-state index contributed by atoms with van der Waals surface area (Å²) in [4.78, 5) is 14.9. The topological polar surface area (TPSA) is 38.1 Å². The van der Waals surface area contributed by atoms with Gasteiger partial charge in [0.2, 0.25) is 5.91 Å². The van der Waals surface area contributed by atoms with Gasteiger partial charge in [0.25, 0.3) is 0 Å². The van der Waals surface area contributed by atoms with Crippen molar-refractivity contribution in [1.29, 1.82) is 0 Å². The fraction of sp³-hybridized carbons (Fsp3) is 0.333. The molecule has 3 aromatic rings. The highest BCUT2D eigenvalue weighted by molar-refractivity contribution is 7.17. The molecule has 1 fully saturated rings. The Hall–Kier alpha value is -2.14. The molecule has 0 bridgehead atoms. The first-order valence-corrected chi connectivity index (χ1v) is 8.83. The molecule has 0 saturated carbocycles. The molecule has 0 radical (unpaired) electrons. The van der Waals surface area contributed by atoms with Crippen molar-refractivity contribution in [2.45, 2.75) is 25.3 Å². The number of aromatic nitrogens is 2. The minimum atomic E-state index is 0.182. The van der Waals surface area contributed by atoms with Gasteiger partial charge in [0, 0.05) is 30.1 Å². The predicted octanol–water partition coefficient (Wildman–Crippen LogP) is 3.54. The molecule has 1 atom stereocenters. The van der Waals surface area contributed by atoms with Gasteiger partial charge < -0.3 is 4.90 Å². The quantitative estimate of drug-likeness (QED) is 0.739. The van der Waals surface area contributed by atoms with Crippen molar-refractivity contribution >= 4 is 27.3 Å². The summed E-state index contributed by atoms with van der Waals surface area (Å²) in [5, 5.41) is 7.59. The molecule has 2 aromatic heterocycles. The van der Waals surface area contributed by atoms with Crippen LogP contribution in [0.25, 0.3) is 10.1 Å². The molecule has 0 spiro atoms. The number of aryl methyl sites for hydroxylation is 1. The molecule has 5 heteroatoms. The van der Waals surface area contributed by atoms with Crippen molar-refractivity contribution in [3.63, 3.8) is 0 Å². The van der Waals surface area contributed by atoms with Crippen molar-refractivity contribution in [3.8, 4) is 0 Å². The van der Waals surface area contributed by atoms with Gasteiger partial charge in [0.05, 0.1) is 18.7 Å². The van der Waals surface area contributed by atoms with Gasteiger partial charge in [-0.1, -0.05) is 18.2 Å². The standard InChI is InChI=1S/C18H19N3OS/c1-20-11-14(10-19-20)16-6-4-8-21(16)18(22)9-13-12-23-17-7-3-2-5-15(13)17/h2-3,5,7,10-12,16H,4,6,8-9H2,1H3/t16-/m1/s1. The maximum atomic E-state index is 12.9. The number of carbonyl (C=O) groups is 1. The third-order valence-electron chi connectivity index (χ3n) is 4.59. The van der Waals surface area contributed by atoms with Crippen LogP contribution in [0.1, 0.15) is 30.0 Å². The van der Waals surface area contributed by atoms with E-state index < -0.39 is 0 Å². The Morgan fingerprint density at radius 2 is 2.26 bits per heavy atom. The number of hydrogen-bond acceptors (Lipinski definition) is 3. The summed E-state index contributed by atoms with van der Waals surface area (Å²) in [6, 6.07) is 8.49. The van der Waals surface area contributed by atoms with Crippen molar-refractivity contribution in [2.75, 3.05) is 6.54 Å². The molecule has 23 heavy (non-hydrogen) atoms. The van der Waals surface area contributed by atoms with Gasteiger partial charge in [0.15, 0.2) is 0 Å². The number of carbonyl (C=O) groups excluding carboxylic acids is 1. The maximum absolute atomic E-state index is 12.9. The molecule has 1 aliphatic rings. The summed E-state index contributed by atoms with van der Waals surface area (Å²) in [5.74, 6) is 0.222. The first-order chi connectivity index (χ1) is 11.2. The minimum absolute atomic E-state index is 0.182. The van der Waals surface area contributed by atoms with Crippen molar-refractivity contribution < 1.29 is 4.79 Å². The van der Waals surface area contributed by atoms with E-state index in [-0.39, 0.29) is 11.9 Å². The Bertz CT molecular complexity index is 851. The van der Waals surface area contributed by atoms with Crippen molar-refractivity contribution in [1.82, 2.24) is 14.7 Å². The van der Waals surface area contributed by atoms with Crippen LogP contribution in [-0.4, -0.2) is 27.1 Å². The van der Waals surface area contributed by atoms with Crippen LogP contribution < -0.4 is 0 Å². The second-order valence-corrected chi connectivity index (χ2v) is 7.04. The molecule has 0 aliphatic carbocycles. The zero-order chi connectivity index (χ0) is 15.8. The van der Waals surface area contributed by atoms with Crippen LogP contribution in [0.2, 0.25) is 0 Å². The molecule has 1 amide bonds. The zero-order valence-electron chi connectivity index (χ0n) is 13.1. The average Bonchev–Trinajstić information content (AvgIpc) is 3.26. The molecular weight excluding hydrogens is 306 g/mol. The summed E-state index contributed by atoms with van der Waals surface area (Å²) in [6.07, 6.45) is 6.49. The first kappa shape index (κ1) is 14.5. The molecule has 1 aromatic carbocycles. The number of likely N-dealkylation sites (tertiary alicyclic amines) is 1. The zero-order valence-corrected chi connectivity index (χ0v) is 13.9. The smallest absolute Gasteiger partial charge is 0.227 e. The Labute approximate surface area is 139 Å². The number of benzene rings is 1. The molecule has 0 N–H and O–H groups in total. The van der Waals surface area contributed by atoms with Crippen LogP contribution in [0.3, 0.4) is 0 Å². The van der Waals surface area contributed by atoms with E-state index in [9.17, 15) is 4.79 Å². The molecule has 4 nitrogen and oxygen atoms in total. The fourth-order valence-corrected chi connectivity index (χ4v) is 4.42. The molecule has 118 valence electrons. The molecule has 1 aliphatic heterocycles. The Morgan fingerprint density at radius 1 is 1.39 bits per heavy atom. The lowest BCUT2D eigenvalue weighted by Gasteiger charge is -2.24. The van der Waals surface area contributed by atoms with Crippen LogP contribution in [0.5, 0.6) is 0 Å².